The highest BCUT2D eigenvalue weighted by molar-refractivity contribution is 5.67. The number of carboxylic acids is 3. The maximum absolute atomic E-state index is 11.1. The maximum Gasteiger partial charge on any atom is 0.304 e. The lowest BCUT2D eigenvalue weighted by atomic mass is 10.2. The van der Waals surface area contributed by atoms with E-state index in [4.69, 9.17) is 20.3 Å². The van der Waals surface area contributed by atoms with E-state index in [9.17, 15) is 14.4 Å². The monoisotopic (exact) mass is 450 g/mol. The van der Waals surface area contributed by atoms with Crippen LogP contribution < -0.4 is 0 Å². The number of nitrogens with zero attached hydrogens (tertiary/aromatic N) is 4. The third kappa shape index (κ3) is 10.7. The van der Waals surface area contributed by atoms with E-state index in [0.29, 0.717) is 45.8 Å². The highest BCUT2D eigenvalue weighted by Gasteiger charge is 2.15. The highest BCUT2D eigenvalue weighted by atomic mass is 16.4. The second-order valence-electron chi connectivity index (χ2n) is 8.15. The fourth-order valence-electron chi connectivity index (χ4n) is 3.84. The van der Waals surface area contributed by atoms with Crippen LogP contribution in [0.2, 0.25) is 0 Å². The van der Waals surface area contributed by atoms with Crippen molar-refractivity contribution in [3.63, 3.8) is 0 Å². The van der Waals surface area contributed by atoms with Crippen molar-refractivity contribution in [1.29, 1.82) is 0 Å². The number of fused-ring (bicyclic) bond motifs is 2. The predicted molar refractivity (Wildman–Crippen MR) is 117 cm³/mol. The van der Waals surface area contributed by atoms with Crippen LogP contribution in [0.15, 0.2) is 18.2 Å². The van der Waals surface area contributed by atoms with Crippen molar-refractivity contribution in [1.82, 2.24) is 19.7 Å². The molecule has 0 amide bonds. The van der Waals surface area contributed by atoms with E-state index in [1.165, 1.54) is 0 Å². The SMILES string of the molecule is O=C(O)CCN1CCCN(CCC(=O)O)Cc2cccc(n2)CN(CCC(=O)O)CCC1. The van der Waals surface area contributed by atoms with Gasteiger partial charge in [0.25, 0.3) is 0 Å². The molecule has 10 heteroatoms. The van der Waals surface area contributed by atoms with Crippen LogP contribution in [0, 0.1) is 0 Å². The van der Waals surface area contributed by atoms with Crippen molar-refractivity contribution < 1.29 is 29.7 Å². The molecule has 0 radical (unpaired) electrons. The van der Waals surface area contributed by atoms with E-state index in [-0.39, 0.29) is 19.3 Å². The molecule has 3 N–H and O–H groups in total. The number of hydrogen-bond donors (Lipinski definition) is 3. The molecule has 32 heavy (non-hydrogen) atoms. The summed E-state index contributed by atoms with van der Waals surface area (Å²) in [5.41, 5.74) is 1.71. The topological polar surface area (TPSA) is 135 Å². The van der Waals surface area contributed by atoms with E-state index < -0.39 is 17.9 Å². The van der Waals surface area contributed by atoms with Crippen molar-refractivity contribution in [2.75, 3.05) is 45.8 Å². The Bertz CT molecular complexity index is 710. The first-order valence-electron chi connectivity index (χ1n) is 11.1. The van der Waals surface area contributed by atoms with Crippen molar-refractivity contribution in [3.8, 4) is 0 Å². The standard InChI is InChI=1S/C22H34N4O6/c27-20(28)6-13-24-9-2-11-25(14-7-21(29)30)16-18-4-1-5-19(23-18)17-26(12-3-10-24)15-8-22(31)32/h1,4-5H,2-3,6-17H2,(H,27,28)(H,29,30)(H,31,32). The summed E-state index contributed by atoms with van der Waals surface area (Å²) in [7, 11) is 0. The number of pyridine rings is 1. The Kier molecular flexibility index (Phi) is 11.1. The number of aliphatic carboxylic acids is 3. The highest BCUT2D eigenvalue weighted by Crippen LogP contribution is 2.11. The van der Waals surface area contributed by atoms with Crippen molar-refractivity contribution in [3.05, 3.63) is 29.6 Å². The smallest absolute Gasteiger partial charge is 0.304 e. The molecule has 2 bridgehead atoms. The van der Waals surface area contributed by atoms with Gasteiger partial charge in [-0.1, -0.05) is 6.07 Å². The summed E-state index contributed by atoms with van der Waals surface area (Å²) in [6, 6.07) is 5.77. The fraction of sp³-hybridized carbons (Fsp3) is 0.636. The molecule has 0 unspecified atom stereocenters. The van der Waals surface area contributed by atoms with Gasteiger partial charge in [0.1, 0.15) is 0 Å². The van der Waals surface area contributed by atoms with Crippen LogP contribution in [-0.2, 0) is 27.5 Å². The van der Waals surface area contributed by atoms with Crippen LogP contribution in [0.4, 0.5) is 0 Å². The summed E-state index contributed by atoms with van der Waals surface area (Å²) in [4.78, 5) is 44.2. The summed E-state index contributed by atoms with van der Waals surface area (Å²) in [5, 5.41) is 27.2. The molecule has 1 aliphatic heterocycles. The lowest BCUT2D eigenvalue weighted by Crippen LogP contribution is -2.35. The average Bonchev–Trinajstić information content (AvgIpc) is 2.72. The molecule has 0 saturated heterocycles. The molecule has 178 valence electrons. The van der Waals surface area contributed by atoms with Gasteiger partial charge in [-0.05, 0) is 51.2 Å². The van der Waals surface area contributed by atoms with E-state index in [2.05, 4.69) is 14.7 Å². The van der Waals surface area contributed by atoms with Crippen molar-refractivity contribution in [2.24, 2.45) is 0 Å². The first-order chi connectivity index (χ1) is 15.3. The van der Waals surface area contributed by atoms with E-state index in [0.717, 1.165) is 37.3 Å². The molecule has 0 fully saturated rings. The molecular formula is C22H34N4O6. The van der Waals surface area contributed by atoms with Crippen molar-refractivity contribution in [2.45, 2.75) is 45.2 Å². The van der Waals surface area contributed by atoms with Gasteiger partial charge < -0.3 is 20.2 Å². The Morgan fingerprint density at radius 3 is 1.47 bits per heavy atom. The normalized spacial score (nSPS) is 17.5. The molecular weight excluding hydrogens is 416 g/mol. The number of carbonyl (C=O) groups is 3. The lowest BCUT2D eigenvalue weighted by Gasteiger charge is -2.28. The molecule has 0 spiro atoms. The van der Waals surface area contributed by atoms with Gasteiger partial charge >= 0.3 is 17.9 Å². The van der Waals surface area contributed by atoms with E-state index >= 15 is 0 Å². The largest absolute Gasteiger partial charge is 0.481 e. The second-order valence-corrected chi connectivity index (χ2v) is 8.15. The molecule has 0 saturated carbocycles. The van der Waals surface area contributed by atoms with Crippen molar-refractivity contribution >= 4 is 17.9 Å². The van der Waals surface area contributed by atoms with Gasteiger partial charge in [-0.2, -0.15) is 0 Å². The zero-order chi connectivity index (χ0) is 23.3. The van der Waals surface area contributed by atoms with Gasteiger partial charge in [-0.3, -0.25) is 29.2 Å². The van der Waals surface area contributed by atoms with Gasteiger partial charge in [0, 0.05) is 32.7 Å². The predicted octanol–water partition coefficient (Wildman–Crippen LogP) is 1.21. The van der Waals surface area contributed by atoms with Crippen LogP contribution in [-0.4, -0.2) is 98.7 Å². The molecule has 1 aromatic heterocycles. The summed E-state index contributed by atoms with van der Waals surface area (Å²) >= 11 is 0. The minimum Gasteiger partial charge on any atom is -0.481 e. The van der Waals surface area contributed by atoms with Gasteiger partial charge in [-0.15, -0.1) is 0 Å². The quantitative estimate of drug-likeness (QED) is 0.504. The summed E-state index contributed by atoms with van der Waals surface area (Å²) in [6.45, 7) is 5.21. The maximum atomic E-state index is 11.1. The van der Waals surface area contributed by atoms with Crippen LogP contribution in [0.5, 0.6) is 0 Å². The second kappa shape index (κ2) is 13.8. The Hall–Kier alpha value is -2.56. The van der Waals surface area contributed by atoms with Crippen LogP contribution in [0.1, 0.15) is 43.5 Å². The van der Waals surface area contributed by atoms with Gasteiger partial charge in [-0.25, -0.2) is 0 Å². The first kappa shape index (κ1) is 25.7. The average molecular weight is 451 g/mol. The molecule has 0 aliphatic carbocycles. The van der Waals surface area contributed by atoms with Crippen LogP contribution >= 0.6 is 0 Å². The third-order valence-corrected chi connectivity index (χ3v) is 5.46. The number of rotatable bonds is 9. The Labute approximate surface area is 188 Å². The third-order valence-electron chi connectivity index (χ3n) is 5.46. The minimum atomic E-state index is -0.844. The lowest BCUT2D eigenvalue weighted by molar-refractivity contribution is -0.138. The summed E-state index contributed by atoms with van der Waals surface area (Å²) < 4.78 is 0. The fourth-order valence-corrected chi connectivity index (χ4v) is 3.84. The van der Waals surface area contributed by atoms with Crippen LogP contribution in [0.25, 0.3) is 0 Å². The van der Waals surface area contributed by atoms with Gasteiger partial charge in [0.15, 0.2) is 0 Å². The molecule has 1 aromatic rings. The number of aromatic nitrogens is 1. The van der Waals surface area contributed by atoms with E-state index in [1.807, 2.05) is 18.2 Å². The molecule has 1 aliphatic rings. The first-order valence-corrected chi connectivity index (χ1v) is 11.1. The zero-order valence-electron chi connectivity index (χ0n) is 18.5. The zero-order valence-corrected chi connectivity index (χ0v) is 18.5. The number of carboxylic acid groups (broad SMARTS) is 3. The molecule has 0 aromatic carbocycles. The molecule has 2 rings (SSSR count). The summed E-state index contributed by atoms with van der Waals surface area (Å²) in [6.07, 6.45) is 1.75. The number of hydrogen-bond acceptors (Lipinski definition) is 7. The Morgan fingerprint density at radius 1 is 0.688 bits per heavy atom. The van der Waals surface area contributed by atoms with Gasteiger partial charge in [0.2, 0.25) is 0 Å². The van der Waals surface area contributed by atoms with Crippen LogP contribution in [0.3, 0.4) is 0 Å². The summed E-state index contributed by atoms with van der Waals surface area (Å²) in [5.74, 6) is -2.52. The minimum absolute atomic E-state index is 0.0470. The Morgan fingerprint density at radius 2 is 1.06 bits per heavy atom. The molecule has 0 atom stereocenters. The molecule has 10 nitrogen and oxygen atoms in total. The molecule has 2 heterocycles. The Balaban J connectivity index is 2.16. The van der Waals surface area contributed by atoms with E-state index in [1.54, 1.807) is 0 Å². The van der Waals surface area contributed by atoms with Gasteiger partial charge in [0.05, 0.1) is 30.7 Å².